The van der Waals surface area contributed by atoms with E-state index >= 15 is 0 Å². The van der Waals surface area contributed by atoms with E-state index < -0.39 is 0 Å². The molecule has 0 amide bonds. The summed E-state index contributed by atoms with van der Waals surface area (Å²) >= 11 is 5.97. The molecule has 1 N–H and O–H groups in total. The first-order chi connectivity index (χ1) is 7.70. The smallest absolute Gasteiger partial charge is 0.181 e. The molecule has 0 aliphatic rings. The number of H-pyrrole nitrogens is 1. The van der Waals surface area contributed by atoms with Gasteiger partial charge in [0.2, 0.25) is 0 Å². The number of benzene rings is 1. The van der Waals surface area contributed by atoms with Crippen LogP contribution in [0, 0.1) is 6.92 Å². The van der Waals surface area contributed by atoms with Gasteiger partial charge in [-0.1, -0.05) is 24.6 Å². The van der Waals surface area contributed by atoms with Gasteiger partial charge in [-0.15, -0.1) is 0 Å². The molecule has 4 heteroatoms. The van der Waals surface area contributed by atoms with Crippen molar-refractivity contribution in [2.75, 3.05) is 0 Å². The third kappa shape index (κ3) is 2.25. The molecule has 0 saturated heterocycles. The molecule has 0 aliphatic heterocycles. The number of rotatable bonds is 3. The Bertz CT molecular complexity index is 491. The van der Waals surface area contributed by atoms with Crippen molar-refractivity contribution in [3.63, 3.8) is 0 Å². The Balaban J connectivity index is 2.38. The van der Waals surface area contributed by atoms with Crippen LogP contribution < -0.4 is 0 Å². The summed E-state index contributed by atoms with van der Waals surface area (Å²) in [6.07, 6.45) is 1.98. The molecule has 0 aliphatic carbocycles. The maximum absolute atomic E-state index is 5.97. The van der Waals surface area contributed by atoms with Gasteiger partial charge in [0.1, 0.15) is 5.82 Å². The van der Waals surface area contributed by atoms with Gasteiger partial charge in [-0.3, -0.25) is 5.10 Å². The molecule has 0 radical (unpaired) electrons. The number of hydrogen-bond acceptors (Lipinski definition) is 2. The highest BCUT2D eigenvalue weighted by Gasteiger charge is 2.08. The van der Waals surface area contributed by atoms with E-state index in [1.165, 1.54) is 0 Å². The number of hydrogen-bond donors (Lipinski definition) is 1. The van der Waals surface area contributed by atoms with Gasteiger partial charge < -0.3 is 0 Å². The van der Waals surface area contributed by atoms with Gasteiger partial charge in [-0.25, -0.2) is 4.98 Å². The Morgan fingerprint density at radius 3 is 2.94 bits per heavy atom. The second kappa shape index (κ2) is 4.66. The van der Waals surface area contributed by atoms with Crippen molar-refractivity contribution in [3.05, 3.63) is 34.6 Å². The Hall–Kier alpha value is -1.35. The molecule has 0 fully saturated rings. The van der Waals surface area contributed by atoms with E-state index in [-0.39, 0.29) is 0 Å². The van der Waals surface area contributed by atoms with Crippen molar-refractivity contribution in [1.82, 2.24) is 15.2 Å². The van der Waals surface area contributed by atoms with Crippen molar-refractivity contribution in [3.8, 4) is 11.4 Å². The lowest BCUT2D eigenvalue weighted by Gasteiger charge is -2.01. The zero-order valence-electron chi connectivity index (χ0n) is 9.42. The lowest BCUT2D eigenvalue weighted by atomic mass is 10.1. The molecular weight excluding hydrogens is 222 g/mol. The highest BCUT2D eigenvalue weighted by Crippen LogP contribution is 2.23. The minimum Gasteiger partial charge on any atom is -0.263 e. The van der Waals surface area contributed by atoms with Gasteiger partial charge in [-0.05, 0) is 31.0 Å². The van der Waals surface area contributed by atoms with E-state index in [1.807, 2.05) is 25.1 Å². The maximum Gasteiger partial charge on any atom is 0.181 e. The standard InChI is InChI=1S/C12H14ClN3/c1-3-4-11-14-12(16-15-11)10-7-9(13)6-5-8(10)2/h5-7H,3-4H2,1-2H3,(H,14,15,16). The second-order valence-electron chi connectivity index (χ2n) is 3.81. The molecule has 0 saturated carbocycles. The Morgan fingerprint density at radius 1 is 1.38 bits per heavy atom. The Kier molecular flexibility index (Phi) is 3.25. The molecule has 2 rings (SSSR count). The molecule has 0 atom stereocenters. The third-order valence-electron chi connectivity index (χ3n) is 2.46. The fourth-order valence-electron chi connectivity index (χ4n) is 1.60. The van der Waals surface area contributed by atoms with Crippen molar-refractivity contribution < 1.29 is 0 Å². The van der Waals surface area contributed by atoms with E-state index in [0.29, 0.717) is 5.02 Å². The summed E-state index contributed by atoms with van der Waals surface area (Å²) in [6.45, 7) is 4.15. The number of aryl methyl sites for hydroxylation is 2. The largest absolute Gasteiger partial charge is 0.263 e. The summed E-state index contributed by atoms with van der Waals surface area (Å²) in [5, 5.41) is 7.87. The van der Waals surface area contributed by atoms with Crippen LogP contribution in [0.1, 0.15) is 24.7 Å². The monoisotopic (exact) mass is 235 g/mol. The van der Waals surface area contributed by atoms with Crippen molar-refractivity contribution >= 4 is 11.6 Å². The van der Waals surface area contributed by atoms with E-state index in [9.17, 15) is 0 Å². The van der Waals surface area contributed by atoms with Gasteiger partial charge in [0, 0.05) is 17.0 Å². The lowest BCUT2D eigenvalue weighted by molar-refractivity contribution is 0.841. The molecule has 2 aromatic rings. The number of aromatic nitrogens is 3. The zero-order chi connectivity index (χ0) is 11.5. The van der Waals surface area contributed by atoms with Crippen LogP contribution in [-0.4, -0.2) is 15.2 Å². The van der Waals surface area contributed by atoms with Crippen molar-refractivity contribution in [2.45, 2.75) is 26.7 Å². The molecule has 1 aromatic heterocycles. The highest BCUT2D eigenvalue weighted by atomic mass is 35.5. The minimum atomic E-state index is 0.711. The normalized spacial score (nSPS) is 10.7. The molecule has 1 aromatic carbocycles. The van der Waals surface area contributed by atoms with Crippen molar-refractivity contribution in [2.24, 2.45) is 0 Å². The first-order valence-electron chi connectivity index (χ1n) is 5.38. The fourth-order valence-corrected chi connectivity index (χ4v) is 1.77. The molecule has 0 unspecified atom stereocenters. The molecular formula is C12H14ClN3. The van der Waals surface area contributed by atoms with Crippen LogP contribution in [0.15, 0.2) is 18.2 Å². The summed E-state index contributed by atoms with van der Waals surface area (Å²) in [5.74, 6) is 1.65. The summed E-state index contributed by atoms with van der Waals surface area (Å²) in [4.78, 5) is 4.45. The summed E-state index contributed by atoms with van der Waals surface area (Å²) < 4.78 is 0. The van der Waals surface area contributed by atoms with Gasteiger partial charge in [-0.2, -0.15) is 5.10 Å². The van der Waals surface area contributed by atoms with Crippen LogP contribution in [0.5, 0.6) is 0 Å². The van der Waals surface area contributed by atoms with Gasteiger partial charge in [0.25, 0.3) is 0 Å². The van der Waals surface area contributed by atoms with E-state index in [2.05, 4.69) is 22.1 Å². The molecule has 1 heterocycles. The Morgan fingerprint density at radius 2 is 2.19 bits per heavy atom. The number of nitrogens with one attached hydrogen (secondary N) is 1. The summed E-state index contributed by atoms with van der Waals surface area (Å²) in [5.41, 5.74) is 2.12. The number of halogens is 1. The second-order valence-corrected chi connectivity index (χ2v) is 4.25. The third-order valence-corrected chi connectivity index (χ3v) is 2.69. The average molecular weight is 236 g/mol. The minimum absolute atomic E-state index is 0.711. The molecule has 0 bridgehead atoms. The van der Waals surface area contributed by atoms with Gasteiger partial charge in [0.05, 0.1) is 0 Å². The molecule has 0 spiro atoms. The topological polar surface area (TPSA) is 41.6 Å². The molecule has 3 nitrogen and oxygen atoms in total. The van der Waals surface area contributed by atoms with Crippen LogP contribution in [0.2, 0.25) is 5.02 Å². The Labute approximate surface area is 99.9 Å². The van der Waals surface area contributed by atoms with Crippen molar-refractivity contribution in [1.29, 1.82) is 0 Å². The highest BCUT2D eigenvalue weighted by molar-refractivity contribution is 6.30. The van der Waals surface area contributed by atoms with E-state index in [0.717, 1.165) is 35.6 Å². The van der Waals surface area contributed by atoms with E-state index in [4.69, 9.17) is 11.6 Å². The number of aromatic amines is 1. The zero-order valence-corrected chi connectivity index (χ0v) is 10.2. The summed E-state index contributed by atoms with van der Waals surface area (Å²) in [6, 6.07) is 5.75. The van der Waals surface area contributed by atoms with Gasteiger partial charge in [0.15, 0.2) is 5.82 Å². The van der Waals surface area contributed by atoms with E-state index in [1.54, 1.807) is 0 Å². The maximum atomic E-state index is 5.97. The van der Waals surface area contributed by atoms with Crippen LogP contribution in [0.4, 0.5) is 0 Å². The van der Waals surface area contributed by atoms with Crippen LogP contribution in [0.3, 0.4) is 0 Å². The predicted octanol–water partition coefficient (Wildman–Crippen LogP) is 3.39. The average Bonchev–Trinajstić information content (AvgIpc) is 2.71. The quantitative estimate of drug-likeness (QED) is 0.886. The first kappa shape index (κ1) is 11.1. The molecule has 84 valence electrons. The van der Waals surface area contributed by atoms with Crippen LogP contribution in [0.25, 0.3) is 11.4 Å². The first-order valence-corrected chi connectivity index (χ1v) is 5.76. The summed E-state index contributed by atoms with van der Waals surface area (Å²) in [7, 11) is 0. The van der Waals surface area contributed by atoms with Crippen LogP contribution in [-0.2, 0) is 6.42 Å². The molecule has 16 heavy (non-hydrogen) atoms. The fraction of sp³-hybridized carbons (Fsp3) is 0.333. The lowest BCUT2D eigenvalue weighted by Crippen LogP contribution is -1.87. The SMILES string of the molecule is CCCc1nc(-c2cc(Cl)ccc2C)n[nH]1. The van der Waals surface area contributed by atoms with Crippen LogP contribution >= 0.6 is 11.6 Å². The van der Waals surface area contributed by atoms with Gasteiger partial charge >= 0.3 is 0 Å². The predicted molar refractivity (Wildman–Crippen MR) is 65.6 cm³/mol. The number of nitrogens with zero attached hydrogens (tertiary/aromatic N) is 2.